The van der Waals surface area contributed by atoms with Crippen LogP contribution in [-0.4, -0.2) is 40.7 Å². The van der Waals surface area contributed by atoms with E-state index < -0.39 is 23.5 Å². The van der Waals surface area contributed by atoms with Gasteiger partial charge in [-0.2, -0.15) is 26.3 Å². The van der Waals surface area contributed by atoms with Crippen LogP contribution in [0.3, 0.4) is 0 Å². The summed E-state index contributed by atoms with van der Waals surface area (Å²) in [6.45, 7) is 0. The number of halogens is 6. The molecule has 2 aromatic carbocycles. The quantitative estimate of drug-likeness (QED) is 0.343. The molecule has 0 unspecified atom stereocenters. The van der Waals surface area contributed by atoms with Crippen molar-refractivity contribution in [2.75, 3.05) is 0 Å². The Kier molecular flexibility index (Phi) is 4.48. The summed E-state index contributed by atoms with van der Waals surface area (Å²) in [6, 6.07) is 5.62. The van der Waals surface area contributed by atoms with Gasteiger partial charge < -0.3 is 10.4 Å². The smallest absolute Gasteiger partial charge is 0.410 e. The zero-order valence-electron chi connectivity index (χ0n) is 13.3. The maximum absolute atomic E-state index is 12.2. The Bertz CT molecular complexity index is 1130. The molecule has 2 N–H and O–H groups in total. The summed E-state index contributed by atoms with van der Waals surface area (Å²) in [4.78, 5) is 0.736. The Hall–Kier alpha value is -3.58. The molecule has 2 heterocycles. The fourth-order valence-electron chi connectivity index (χ4n) is 2.17. The van der Waals surface area contributed by atoms with Crippen molar-refractivity contribution < 1.29 is 36.8 Å². The van der Waals surface area contributed by atoms with Gasteiger partial charge in [0.2, 0.25) is 0 Å². The molecule has 0 aliphatic carbocycles. The molecule has 28 heavy (non-hydrogen) atoms. The van der Waals surface area contributed by atoms with Crippen LogP contribution < -0.4 is 0 Å². The predicted molar refractivity (Wildman–Crippen MR) is 79.4 cm³/mol. The summed E-state index contributed by atoms with van der Waals surface area (Å²) < 4.78 is 73.3. The third-order valence-corrected chi connectivity index (χ3v) is 3.51. The second kappa shape index (κ2) is 6.54. The second-order valence-corrected chi connectivity index (χ2v) is 5.36. The van der Waals surface area contributed by atoms with Gasteiger partial charge in [-0.25, -0.2) is 0 Å². The maximum Gasteiger partial charge on any atom is 0.416 e. The third-order valence-electron chi connectivity index (χ3n) is 3.51. The monoisotopic (exact) mass is 406 g/mol. The first-order valence-electron chi connectivity index (χ1n) is 7.20. The lowest BCUT2D eigenvalue weighted by Crippen LogP contribution is -2.04. The molecule has 0 atom stereocenters. The van der Waals surface area contributed by atoms with E-state index in [1.54, 1.807) is 0 Å². The van der Waals surface area contributed by atoms with E-state index in [1.807, 2.05) is 0 Å². The zero-order valence-corrected chi connectivity index (χ0v) is 13.3. The SMILES string of the molecule is On1nnc2cc(C(F)(F)F)ccc21.On1nnc2ccc(C(F)(F)F)cc21. The van der Waals surface area contributed by atoms with Crippen molar-refractivity contribution in [3.63, 3.8) is 0 Å². The van der Waals surface area contributed by atoms with Gasteiger partial charge in [0.15, 0.2) is 0 Å². The van der Waals surface area contributed by atoms with E-state index in [0.29, 0.717) is 9.69 Å². The largest absolute Gasteiger partial charge is 0.416 e. The third kappa shape index (κ3) is 3.74. The van der Waals surface area contributed by atoms with E-state index in [4.69, 9.17) is 10.4 Å². The van der Waals surface area contributed by atoms with Crippen LogP contribution in [0.2, 0.25) is 0 Å². The van der Waals surface area contributed by atoms with Crippen molar-refractivity contribution in [1.82, 2.24) is 30.3 Å². The van der Waals surface area contributed by atoms with Crippen LogP contribution in [0.1, 0.15) is 11.1 Å². The number of fused-ring (bicyclic) bond motifs is 2. The minimum atomic E-state index is -4.43. The molecule has 4 aromatic rings. The molecular formula is C14H8F6N6O2. The number of rotatable bonds is 0. The summed E-state index contributed by atoms with van der Waals surface area (Å²) in [5.74, 6) is 0. The highest BCUT2D eigenvalue weighted by molar-refractivity contribution is 5.75. The molecule has 8 nitrogen and oxygen atoms in total. The van der Waals surface area contributed by atoms with Crippen molar-refractivity contribution in [3.05, 3.63) is 47.5 Å². The average molecular weight is 406 g/mol. The fraction of sp³-hybridized carbons (Fsp3) is 0.143. The van der Waals surface area contributed by atoms with Gasteiger partial charge in [-0.15, -0.1) is 10.2 Å². The summed E-state index contributed by atoms with van der Waals surface area (Å²) in [6.07, 6.45) is -8.84. The summed E-state index contributed by atoms with van der Waals surface area (Å²) in [5.41, 5.74) is -1.38. The summed E-state index contributed by atoms with van der Waals surface area (Å²) in [7, 11) is 0. The van der Waals surface area contributed by atoms with Gasteiger partial charge in [0.05, 0.1) is 11.1 Å². The molecular weight excluding hydrogens is 398 g/mol. The van der Waals surface area contributed by atoms with Crippen LogP contribution in [0.4, 0.5) is 26.3 Å². The van der Waals surface area contributed by atoms with Crippen molar-refractivity contribution in [1.29, 1.82) is 0 Å². The Morgan fingerprint density at radius 2 is 1.14 bits per heavy atom. The molecule has 0 aliphatic rings. The number of nitrogens with zero attached hydrogens (tertiary/aromatic N) is 6. The number of aromatic nitrogens is 6. The maximum atomic E-state index is 12.2. The number of benzene rings is 2. The molecule has 0 fully saturated rings. The highest BCUT2D eigenvalue weighted by Crippen LogP contribution is 2.31. The molecule has 0 radical (unpaired) electrons. The Morgan fingerprint density at radius 1 is 0.643 bits per heavy atom. The highest BCUT2D eigenvalue weighted by Gasteiger charge is 2.31. The normalized spacial score (nSPS) is 12.2. The van der Waals surface area contributed by atoms with Crippen molar-refractivity contribution >= 4 is 22.1 Å². The standard InChI is InChI=1S/2C7H4F3N3O/c8-7(9,10)4-1-2-6-5(3-4)11-12-13(6)14;8-7(9,10)4-1-2-5-6(3-4)13(14)12-11-5/h2*1-3,14H. The molecule has 148 valence electrons. The van der Waals surface area contributed by atoms with E-state index in [-0.39, 0.29) is 22.1 Å². The fourth-order valence-corrected chi connectivity index (χ4v) is 2.17. The van der Waals surface area contributed by atoms with Crippen LogP contribution in [0.25, 0.3) is 22.1 Å². The molecule has 0 bridgehead atoms. The molecule has 14 heteroatoms. The van der Waals surface area contributed by atoms with Gasteiger partial charge in [-0.05, 0) is 46.8 Å². The van der Waals surface area contributed by atoms with E-state index in [2.05, 4.69) is 20.6 Å². The molecule has 4 rings (SSSR count). The first-order chi connectivity index (χ1) is 13.0. The van der Waals surface area contributed by atoms with Gasteiger partial charge in [-0.3, -0.25) is 0 Å². The lowest BCUT2D eigenvalue weighted by molar-refractivity contribution is -0.138. The molecule has 0 saturated carbocycles. The summed E-state index contributed by atoms with van der Waals surface area (Å²) >= 11 is 0. The van der Waals surface area contributed by atoms with E-state index >= 15 is 0 Å². The minimum absolute atomic E-state index is 0.00215. The molecule has 0 spiro atoms. The van der Waals surface area contributed by atoms with Crippen LogP contribution in [-0.2, 0) is 12.4 Å². The van der Waals surface area contributed by atoms with E-state index in [0.717, 1.165) is 36.4 Å². The number of alkyl halides is 6. The average Bonchev–Trinajstić information content (AvgIpc) is 3.17. The lowest BCUT2D eigenvalue weighted by Gasteiger charge is -2.05. The molecule has 0 aliphatic heterocycles. The number of hydrogen-bond acceptors (Lipinski definition) is 6. The topological polar surface area (TPSA) is 102 Å². The lowest BCUT2D eigenvalue weighted by atomic mass is 10.2. The van der Waals surface area contributed by atoms with Gasteiger partial charge in [0.25, 0.3) is 0 Å². The van der Waals surface area contributed by atoms with Crippen LogP contribution in [0, 0.1) is 0 Å². The zero-order chi connectivity index (χ0) is 20.7. The summed E-state index contributed by atoms with van der Waals surface area (Å²) in [5, 5.41) is 31.1. The van der Waals surface area contributed by atoms with Gasteiger partial charge in [0, 0.05) is 0 Å². The first kappa shape index (κ1) is 19.2. The second-order valence-electron chi connectivity index (χ2n) is 5.36. The van der Waals surface area contributed by atoms with Crippen LogP contribution in [0.15, 0.2) is 36.4 Å². The van der Waals surface area contributed by atoms with E-state index in [1.165, 1.54) is 0 Å². The Balaban J connectivity index is 0.000000161. The van der Waals surface area contributed by atoms with Gasteiger partial charge in [-0.1, -0.05) is 9.69 Å². The van der Waals surface area contributed by atoms with E-state index in [9.17, 15) is 26.3 Å². The predicted octanol–water partition coefficient (Wildman–Crippen LogP) is 3.37. The minimum Gasteiger partial charge on any atom is -0.410 e. The first-order valence-corrected chi connectivity index (χ1v) is 7.20. The van der Waals surface area contributed by atoms with Crippen molar-refractivity contribution in [2.24, 2.45) is 0 Å². The molecule has 0 saturated heterocycles. The molecule has 2 aromatic heterocycles. The molecule has 0 amide bonds. The Labute approximate surface area is 150 Å². The van der Waals surface area contributed by atoms with Crippen molar-refractivity contribution in [2.45, 2.75) is 12.4 Å². The van der Waals surface area contributed by atoms with Crippen LogP contribution >= 0.6 is 0 Å². The van der Waals surface area contributed by atoms with Crippen molar-refractivity contribution in [3.8, 4) is 0 Å². The van der Waals surface area contributed by atoms with Gasteiger partial charge >= 0.3 is 12.4 Å². The Morgan fingerprint density at radius 3 is 1.75 bits per heavy atom. The number of hydrogen-bond donors (Lipinski definition) is 2. The van der Waals surface area contributed by atoms with Crippen LogP contribution in [0.5, 0.6) is 0 Å². The highest BCUT2D eigenvalue weighted by atomic mass is 19.4. The van der Waals surface area contributed by atoms with Gasteiger partial charge in [0.1, 0.15) is 22.1 Å².